The predicted octanol–water partition coefficient (Wildman–Crippen LogP) is 4.58. The monoisotopic (exact) mass is 385 g/mol. The largest absolute Gasteiger partial charge is 0.308 e. The number of anilines is 1. The first-order chi connectivity index (χ1) is 12.4. The molecule has 0 aliphatic heterocycles. The van der Waals surface area contributed by atoms with E-state index in [2.05, 4.69) is 30.9 Å². The topological polar surface area (TPSA) is 36.4 Å². The zero-order chi connectivity index (χ0) is 18.7. The van der Waals surface area contributed by atoms with Gasteiger partial charge in [-0.3, -0.25) is 9.69 Å². The fourth-order valence-corrected chi connectivity index (χ4v) is 4.50. The van der Waals surface area contributed by atoms with Crippen LogP contribution in [0.2, 0.25) is 0 Å². The van der Waals surface area contributed by atoms with Gasteiger partial charge in [-0.15, -0.1) is 11.3 Å². The first kappa shape index (κ1) is 18.8. The van der Waals surface area contributed by atoms with Gasteiger partial charge in [-0.05, 0) is 62.7 Å². The molecular formula is C20H23N3OS2. The van der Waals surface area contributed by atoms with Gasteiger partial charge in [-0.2, -0.15) is 0 Å². The molecule has 0 fully saturated rings. The number of carbonyl (C=O) groups excluding carboxylic acids is 1. The third-order valence-corrected chi connectivity index (χ3v) is 5.88. The summed E-state index contributed by atoms with van der Waals surface area (Å²) in [7, 11) is 4.02. The van der Waals surface area contributed by atoms with Crippen LogP contribution in [0, 0.1) is 13.8 Å². The lowest BCUT2D eigenvalue weighted by Crippen LogP contribution is -2.35. The highest BCUT2D eigenvalue weighted by molar-refractivity contribution is 7.22. The van der Waals surface area contributed by atoms with Crippen molar-refractivity contribution in [1.82, 2.24) is 9.88 Å². The van der Waals surface area contributed by atoms with Crippen LogP contribution in [-0.4, -0.2) is 43.0 Å². The molecule has 2 aromatic heterocycles. The Morgan fingerprint density at radius 3 is 2.73 bits per heavy atom. The lowest BCUT2D eigenvalue weighted by atomic mass is 10.1. The van der Waals surface area contributed by atoms with E-state index in [1.807, 2.05) is 37.7 Å². The summed E-state index contributed by atoms with van der Waals surface area (Å²) in [6.45, 7) is 5.55. The Morgan fingerprint density at radius 2 is 2.04 bits per heavy atom. The number of rotatable bonds is 6. The van der Waals surface area contributed by atoms with Crippen LogP contribution in [-0.2, 0) is 4.79 Å². The number of fused-ring (bicyclic) bond motifs is 1. The highest BCUT2D eigenvalue weighted by Gasteiger charge is 2.19. The predicted molar refractivity (Wildman–Crippen MR) is 113 cm³/mol. The molecule has 0 saturated heterocycles. The molecule has 6 heteroatoms. The Labute approximate surface area is 162 Å². The molecule has 0 spiro atoms. The molecule has 26 heavy (non-hydrogen) atoms. The molecule has 0 bridgehead atoms. The molecule has 0 atom stereocenters. The third kappa shape index (κ3) is 4.38. The van der Waals surface area contributed by atoms with Crippen molar-refractivity contribution in [3.05, 3.63) is 51.7 Å². The molecule has 1 amide bonds. The Balaban J connectivity index is 1.92. The average molecular weight is 386 g/mol. The summed E-state index contributed by atoms with van der Waals surface area (Å²) in [4.78, 5) is 22.6. The number of carbonyl (C=O) groups is 1. The van der Waals surface area contributed by atoms with E-state index in [0.717, 1.165) is 32.3 Å². The number of benzene rings is 1. The molecule has 136 valence electrons. The molecule has 0 unspecified atom stereocenters. The smallest absolute Gasteiger partial charge is 0.252 e. The van der Waals surface area contributed by atoms with E-state index < -0.39 is 0 Å². The van der Waals surface area contributed by atoms with E-state index in [4.69, 9.17) is 4.98 Å². The van der Waals surface area contributed by atoms with E-state index >= 15 is 0 Å². The maximum absolute atomic E-state index is 12.9. The summed E-state index contributed by atoms with van der Waals surface area (Å²) in [5, 5.41) is 2.77. The zero-order valence-electron chi connectivity index (χ0n) is 15.5. The average Bonchev–Trinajstić information content (AvgIpc) is 3.22. The molecule has 0 aliphatic carbocycles. The van der Waals surface area contributed by atoms with E-state index in [1.54, 1.807) is 33.6 Å². The number of hydrogen-bond acceptors (Lipinski definition) is 5. The highest BCUT2D eigenvalue weighted by Crippen LogP contribution is 2.31. The van der Waals surface area contributed by atoms with Crippen LogP contribution in [0.4, 0.5) is 5.13 Å². The molecule has 0 N–H and O–H groups in total. The number of thiazole rings is 1. The molecule has 4 nitrogen and oxygen atoms in total. The van der Waals surface area contributed by atoms with Gasteiger partial charge in [-0.1, -0.05) is 23.5 Å². The van der Waals surface area contributed by atoms with E-state index in [1.165, 1.54) is 5.56 Å². The molecule has 3 aromatic rings. The minimum atomic E-state index is -0.0336. The van der Waals surface area contributed by atoms with Crippen LogP contribution < -0.4 is 4.90 Å². The summed E-state index contributed by atoms with van der Waals surface area (Å²) in [5.74, 6) is -0.0336. The van der Waals surface area contributed by atoms with Crippen molar-refractivity contribution in [1.29, 1.82) is 0 Å². The van der Waals surface area contributed by atoms with Crippen LogP contribution >= 0.6 is 22.7 Å². The van der Waals surface area contributed by atoms with Crippen molar-refractivity contribution >= 4 is 50.0 Å². The third-order valence-electron chi connectivity index (χ3n) is 4.02. The first-order valence-corrected chi connectivity index (χ1v) is 10.2. The number of aromatic nitrogens is 1. The van der Waals surface area contributed by atoms with Crippen LogP contribution in [0.5, 0.6) is 0 Å². The standard InChI is InChI=1S/C20H23N3OS2/c1-14-12-15(2)19-17(13-14)26-20(21-19)23(10-9-22(3)4)18(24)8-7-16-6-5-11-25-16/h5-8,11-13H,9-10H2,1-4H3/b8-7+. The summed E-state index contributed by atoms with van der Waals surface area (Å²) in [5.41, 5.74) is 3.35. The van der Waals surface area contributed by atoms with Gasteiger partial charge >= 0.3 is 0 Å². The number of aryl methyl sites for hydroxylation is 2. The van der Waals surface area contributed by atoms with Gasteiger partial charge in [0.15, 0.2) is 5.13 Å². The number of hydrogen-bond donors (Lipinski definition) is 0. The van der Waals surface area contributed by atoms with E-state index in [9.17, 15) is 4.79 Å². The number of nitrogens with zero attached hydrogens (tertiary/aromatic N) is 3. The van der Waals surface area contributed by atoms with Gasteiger partial charge in [0.05, 0.1) is 10.2 Å². The number of likely N-dealkylation sites (N-methyl/N-ethyl adjacent to an activating group) is 1. The summed E-state index contributed by atoms with van der Waals surface area (Å²) in [6.07, 6.45) is 3.52. The lowest BCUT2D eigenvalue weighted by Gasteiger charge is -2.20. The van der Waals surface area contributed by atoms with Gasteiger partial charge in [0.1, 0.15) is 0 Å². The Hall–Kier alpha value is -2.02. The quantitative estimate of drug-likeness (QED) is 0.583. The molecular weight excluding hydrogens is 362 g/mol. The minimum absolute atomic E-state index is 0.0336. The van der Waals surface area contributed by atoms with Gasteiger partial charge in [0.2, 0.25) is 0 Å². The van der Waals surface area contributed by atoms with Crippen LogP contribution in [0.25, 0.3) is 16.3 Å². The fourth-order valence-electron chi connectivity index (χ4n) is 2.70. The van der Waals surface area contributed by atoms with Crippen molar-refractivity contribution < 1.29 is 4.79 Å². The number of thiophene rings is 1. The maximum atomic E-state index is 12.9. The van der Waals surface area contributed by atoms with E-state index in [-0.39, 0.29) is 5.91 Å². The van der Waals surface area contributed by atoms with Crippen LogP contribution in [0.3, 0.4) is 0 Å². The van der Waals surface area contributed by atoms with Crippen molar-refractivity contribution in [2.45, 2.75) is 13.8 Å². The summed E-state index contributed by atoms with van der Waals surface area (Å²) >= 11 is 3.20. The van der Waals surface area contributed by atoms with Crippen molar-refractivity contribution in [2.75, 3.05) is 32.1 Å². The number of amides is 1. The first-order valence-electron chi connectivity index (χ1n) is 8.49. The van der Waals surface area contributed by atoms with Crippen LogP contribution in [0.1, 0.15) is 16.0 Å². The molecule has 0 radical (unpaired) electrons. The molecule has 1 aromatic carbocycles. The van der Waals surface area contributed by atoms with Gasteiger partial charge < -0.3 is 4.90 Å². The summed E-state index contributed by atoms with van der Waals surface area (Å²) < 4.78 is 1.13. The molecule has 0 aliphatic rings. The molecule has 3 rings (SSSR count). The highest BCUT2D eigenvalue weighted by atomic mass is 32.1. The maximum Gasteiger partial charge on any atom is 0.252 e. The minimum Gasteiger partial charge on any atom is -0.308 e. The van der Waals surface area contributed by atoms with Crippen molar-refractivity contribution in [3.63, 3.8) is 0 Å². The fraction of sp³-hybridized carbons (Fsp3) is 0.300. The summed E-state index contributed by atoms with van der Waals surface area (Å²) in [6, 6.07) is 8.26. The zero-order valence-corrected chi connectivity index (χ0v) is 17.2. The second kappa shape index (κ2) is 8.12. The second-order valence-corrected chi connectivity index (χ2v) is 8.56. The van der Waals surface area contributed by atoms with Crippen LogP contribution in [0.15, 0.2) is 35.7 Å². The Morgan fingerprint density at radius 1 is 1.23 bits per heavy atom. The van der Waals surface area contributed by atoms with Crippen molar-refractivity contribution in [2.24, 2.45) is 0 Å². The van der Waals surface area contributed by atoms with Gasteiger partial charge in [0.25, 0.3) is 5.91 Å². The Kier molecular flexibility index (Phi) is 5.86. The van der Waals surface area contributed by atoms with Gasteiger partial charge in [-0.25, -0.2) is 4.98 Å². The SMILES string of the molecule is Cc1cc(C)c2nc(N(CCN(C)C)C(=O)/C=C/c3cccs3)sc2c1. The second-order valence-electron chi connectivity index (χ2n) is 6.57. The molecule has 2 heterocycles. The lowest BCUT2D eigenvalue weighted by molar-refractivity contribution is -0.114. The van der Waals surface area contributed by atoms with E-state index in [0.29, 0.717) is 6.54 Å². The Bertz CT molecular complexity index is 926. The van der Waals surface area contributed by atoms with Crippen molar-refractivity contribution in [3.8, 4) is 0 Å². The molecule has 0 saturated carbocycles. The van der Waals surface area contributed by atoms with Gasteiger partial charge in [0, 0.05) is 24.0 Å². The normalized spacial score (nSPS) is 11.7.